The zero-order valence-corrected chi connectivity index (χ0v) is 11.4. The first-order valence-corrected chi connectivity index (χ1v) is 6.76. The minimum absolute atomic E-state index is 0.00702. The number of piperidine rings is 1. The van der Waals surface area contributed by atoms with Gasteiger partial charge in [-0.1, -0.05) is 20.3 Å². The monoisotopic (exact) mass is 241 g/mol. The minimum atomic E-state index is -0.360. The number of hydrogen-bond donors (Lipinski definition) is 2. The lowest BCUT2D eigenvalue weighted by Crippen LogP contribution is -2.47. The maximum atomic E-state index is 11.8. The van der Waals surface area contributed by atoms with E-state index in [0.29, 0.717) is 5.92 Å². The largest absolute Gasteiger partial charge is 0.354 e. The van der Waals surface area contributed by atoms with E-state index in [1.807, 2.05) is 6.92 Å². The predicted octanol–water partition coefficient (Wildman–Crippen LogP) is 0.818. The van der Waals surface area contributed by atoms with Gasteiger partial charge in [0, 0.05) is 13.1 Å². The van der Waals surface area contributed by atoms with Crippen LogP contribution >= 0.6 is 0 Å². The molecule has 3 N–H and O–H groups in total. The summed E-state index contributed by atoms with van der Waals surface area (Å²) in [5, 5.41) is 3.00. The first-order valence-electron chi connectivity index (χ1n) is 6.76. The second-order valence-electron chi connectivity index (χ2n) is 5.43. The maximum absolute atomic E-state index is 11.8. The maximum Gasteiger partial charge on any atom is 0.237 e. The first kappa shape index (κ1) is 14.5. The number of rotatable bonds is 5. The molecule has 1 rings (SSSR count). The predicted molar refractivity (Wildman–Crippen MR) is 70.7 cm³/mol. The normalized spacial score (nSPS) is 25.3. The van der Waals surface area contributed by atoms with Gasteiger partial charge in [-0.3, -0.25) is 4.79 Å². The zero-order chi connectivity index (χ0) is 12.8. The molecule has 100 valence electrons. The Kier molecular flexibility index (Phi) is 5.92. The molecule has 0 aromatic heterocycles. The smallest absolute Gasteiger partial charge is 0.237 e. The Morgan fingerprint density at radius 1 is 1.59 bits per heavy atom. The lowest BCUT2D eigenvalue weighted by Gasteiger charge is -2.30. The van der Waals surface area contributed by atoms with E-state index in [-0.39, 0.29) is 17.9 Å². The van der Waals surface area contributed by atoms with Crippen molar-refractivity contribution in [2.75, 3.05) is 26.7 Å². The van der Waals surface area contributed by atoms with Crippen LogP contribution in [0.3, 0.4) is 0 Å². The van der Waals surface area contributed by atoms with E-state index in [1.54, 1.807) is 0 Å². The van der Waals surface area contributed by atoms with Crippen molar-refractivity contribution >= 4 is 5.91 Å². The van der Waals surface area contributed by atoms with Crippen LogP contribution in [0.25, 0.3) is 0 Å². The lowest BCUT2D eigenvalue weighted by atomic mass is 9.97. The topological polar surface area (TPSA) is 58.4 Å². The van der Waals surface area contributed by atoms with E-state index in [4.69, 9.17) is 5.73 Å². The van der Waals surface area contributed by atoms with Crippen LogP contribution in [-0.4, -0.2) is 43.5 Å². The number of carbonyl (C=O) groups excluding carboxylic acids is 1. The number of amides is 1. The molecule has 0 aromatic rings. The SMILES string of the molecule is CCC(C)C(N)C(=O)NCC1CCCN(C)C1. The summed E-state index contributed by atoms with van der Waals surface area (Å²) in [6.07, 6.45) is 3.39. The molecule has 17 heavy (non-hydrogen) atoms. The molecule has 3 atom stereocenters. The molecule has 4 heteroatoms. The summed E-state index contributed by atoms with van der Waals surface area (Å²) in [5.41, 5.74) is 5.89. The molecule has 1 amide bonds. The van der Waals surface area contributed by atoms with Crippen molar-refractivity contribution in [2.45, 2.75) is 39.2 Å². The molecule has 1 aliphatic heterocycles. The van der Waals surface area contributed by atoms with E-state index >= 15 is 0 Å². The quantitative estimate of drug-likeness (QED) is 0.749. The third-order valence-corrected chi connectivity index (χ3v) is 3.85. The summed E-state index contributed by atoms with van der Waals surface area (Å²) in [7, 11) is 2.14. The van der Waals surface area contributed by atoms with Crippen LogP contribution in [0.15, 0.2) is 0 Å². The molecule has 0 aliphatic carbocycles. The first-order chi connectivity index (χ1) is 8.04. The number of carbonyl (C=O) groups is 1. The Morgan fingerprint density at radius 3 is 2.88 bits per heavy atom. The van der Waals surface area contributed by atoms with Crippen LogP contribution < -0.4 is 11.1 Å². The number of likely N-dealkylation sites (tertiary alicyclic amines) is 1. The third kappa shape index (κ3) is 4.64. The van der Waals surface area contributed by atoms with E-state index < -0.39 is 0 Å². The Balaban J connectivity index is 2.27. The highest BCUT2D eigenvalue weighted by Crippen LogP contribution is 2.14. The van der Waals surface area contributed by atoms with Crippen molar-refractivity contribution in [3.8, 4) is 0 Å². The van der Waals surface area contributed by atoms with Crippen molar-refractivity contribution in [2.24, 2.45) is 17.6 Å². The second kappa shape index (κ2) is 6.97. The van der Waals surface area contributed by atoms with E-state index in [2.05, 4.69) is 24.2 Å². The molecule has 0 radical (unpaired) electrons. The molecule has 3 unspecified atom stereocenters. The van der Waals surface area contributed by atoms with E-state index in [0.717, 1.165) is 19.5 Å². The summed E-state index contributed by atoms with van der Waals surface area (Å²) in [6.45, 7) is 7.12. The Hall–Kier alpha value is -0.610. The fourth-order valence-corrected chi connectivity index (χ4v) is 2.31. The summed E-state index contributed by atoms with van der Waals surface area (Å²) < 4.78 is 0. The van der Waals surface area contributed by atoms with Gasteiger partial charge in [0.25, 0.3) is 0 Å². The van der Waals surface area contributed by atoms with Gasteiger partial charge in [0.1, 0.15) is 0 Å². The molecule has 0 saturated carbocycles. The summed E-state index contributed by atoms with van der Waals surface area (Å²) >= 11 is 0. The van der Waals surface area contributed by atoms with Crippen molar-refractivity contribution in [1.29, 1.82) is 0 Å². The molecule has 0 aromatic carbocycles. The molecule has 1 saturated heterocycles. The average Bonchev–Trinajstić information content (AvgIpc) is 2.34. The van der Waals surface area contributed by atoms with E-state index in [9.17, 15) is 4.79 Å². The van der Waals surface area contributed by atoms with Crippen molar-refractivity contribution in [3.05, 3.63) is 0 Å². The van der Waals surface area contributed by atoms with Crippen molar-refractivity contribution in [1.82, 2.24) is 10.2 Å². The molecule has 0 bridgehead atoms. The third-order valence-electron chi connectivity index (χ3n) is 3.85. The van der Waals surface area contributed by atoms with Crippen molar-refractivity contribution < 1.29 is 4.79 Å². The molecule has 0 spiro atoms. The Labute approximate surface area is 105 Å². The van der Waals surface area contributed by atoms with Crippen molar-refractivity contribution in [3.63, 3.8) is 0 Å². The van der Waals surface area contributed by atoms with Gasteiger partial charge in [0.2, 0.25) is 5.91 Å². The molecule has 1 heterocycles. The van der Waals surface area contributed by atoms with Gasteiger partial charge in [-0.05, 0) is 38.3 Å². The number of nitrogens with zero attached hydrogens (tertiary/aromatic N) is 1. The number of nitrogens with two attached hydrogens (primary N) is 1. The highest BCUT2D eigenvalue weighted by atomic mass is 16.2. The van der Waals surface area contributed by atoms with Gasteiger partial charge in [-0.15, -0.1) is 0 Å². The van der Waals surface area contributed by atoms with Crippen LogP contribution in [0.2, 0.25) is 0 Å². The standard InChI is InChI=1S/C13H27N3O/c1-4-10(2)12(14)13(17)15-8-11-6-5-7-16(3)9-11/h10-12H,4-9,14H2,1-3H3,(H,15,17). The molecular weight excluding hydrogens is 214 g/mol. The van der Waals surface area contributed by atoms with E-state index in [1.165, 1.54) is 19.4 Å². The highest BCUT2D eigenvalue weighted by molar-refractivity contribution is 5.81. The second-order valence-corrected chi connectivity index (χ2v) is 5.43. The fourth-order valence-electron chi connectivity index (χ4n) is 2.31. The Morgan fingerprint density at radius 2 is 2.29 bits per heavy atom. The summed E-state index contributed by atoms with van der Waals surface area (Å²) in [4.78, 5) is 14.1. The van der Waals surface area contributed by atoms with Gasteiger partial charge in [0.05, 0.1) is 6.04 Å². The number of hydrogen-bond acceptors (Lipinski definition) is 3. The van der Waals surface area contributed by atoms with Crippen LogP contribution in [0.1, 0.15) is 33.1 Å². The van der Waals surface area contributed by atoms with Gasteiger partial charge in [-0.25, -0.2) is 0 Å². The van der Waals surface area contributed by atoms with Gasteiger partial charge in [-0.2, -0.15) is 0 Å². The fraction of sp³-hybridized carbons (Fsp3) is 0.923. The van der Waals surface area contributed by atoms with Crippen LogP contribution in [0.5, 0.6) is 0 Å². The van der Waals surface area contributed by atoms with Gasteiger partial charge < -0.3 is 16.0 Å². The van der Waals surface area contributed by atoms with Crippen LogP contribution in [0, 0.1) is 11.8 Å². The Bertz CT molecular complexity index is 245. The molecule has 4 nitrogen and oxygen atoms in total. The molecular formula is C13H27N3O. The summed E-state index contributed by atoms with van der Waals surface area (Å²) in [6, 6.07) is -0.360. The minimum Gasteiger partial charge on any atom is -0.354 e. The molecule has 1 aliphatic rings. The number of nitrogens with one attached hydrogen (secondary N) is 1. The van der Waals surface area contributed by atoms with Gasteiger partial charge >= 0.3 is 0 Å². The van der Waals surface area contributed by atoms with Crippen LogP contribution in [0.4, 0.5) is 0 Å². The zero-order valence-electron chi connectivity index (χ0n) is 11.4. The van der Waals surface area contributed by atoms with Crippen LogP contribution in [-0.2, 0) is 4.79 Å². The highest BCUT2D eigenvalue weighted by Gasteiger charge is 2.22. The molecule has 1 fully saturated rings. The lowest BCUT2D eigenvalue weighted by molar-refractivity contribution is -0.123. The summed E-state index contributed by atoms with van der Waals surface area (Å²) in [5.74, 6) is 0.846. The van der Waals surface area contributed by atoms with Gasteiger partial charge in [0.15, 0.2) is 0 Å². The average molecular weight is 241 g/mol.